The van der Waals surface area contributed by atoms with Crippen molar-refractivity contribution in [2.45, 2.75) is 46.1 Å². The topological polar surface area (TPSA) is 90.9 Å². The largest absolute Gasteiger partial charge is 0.479 e. The van der Waals surface area contributed by atoms with Crippen LogP contribution in [-0.4, -0.2) is 45.1 Å². The standard InChI is InChI=1S/C18H26N6O2/c1-10(19-4)9-14-21-15(26-23-14)8-7-13-11(2)16-17(20-12(13)3)24(5)22-18(16)25-6/h10,19H,7-9H2,1-6H3. The molecule has 3 aromatic heterocycles. The van der Waals surface area contributed by atoms with Gasteiger partial charge in [0.05, 0.1) is 12.5 Å². The summed E-state index contributed by atoms with van der Waals surface area (Å²) in [7, 11) is 5.43. The third-order valence-electron chi connectivity index (χ3n) is 4.80. The molecule has 1 atom stereocenters. The molecule has 0 aliphatic carbocycles. The Labute approximate surface area is 152 Å². The zero-order valence-electron chi connectivity index (χ0n) is 16.3. The van der Waals surface area contributed by atoms with Gasteiger partial charge in [-0.2, -0.15) is 4.98 Å². The Hall–Kier alpha value is -2.48. The maximum absolute atomic E-state index is 5.42. The average molecular weight is 358 g/mol. The summed E-state index contributed by atoms with van der Waals surface area (Å²) in [5, 5.41) is 12.6. The number of hydrogen-bond donors (Lipinski definition) is 1. The Morgan fingerprint density at radius 3 is 2.69 bits per heavy atom. The molecule has 0 radical (unpaired) electrons. The first-order valence-corrected chi connectivity index (χ1v) is 8.80. The maximum Gasteiger partial charge on any atom is 0.242 e. The van der Waals surface area contributed by atoms with Crippen molar-refractivity contribution < 1.29 is 9.26 Å². The van der Waals surface area contributed by atoms with Crippen LogP contribution in [0.25, 0.3) is 11.0 Å². The van der Waals surface area contributed by atoms with Crippen LogP contribution in [0.15, 0.2) is 4.52 Å². The van der Waals surface area contributed by atoms with Gasteiger partial charge >= 0.3 is 0 Å². The van der Waals surface area contributed by atoms with E-state index in [0.717, 1.165) is 41.0 Å². The van der Waals surface area contributed by atoms with Crippen molar-refractivity contribution in [3.63, 3.8) is 0 Å². The van der Waals surface area contributed by atoms with E-state index in [9.17, 15) is 0 Å². The number of aromatic nitrogens is 5. The molecule has 140 valence electrons. The first kappa shape index (κ1) is 18.3. The van der Waals surface area contributed by atoms with Crippen LogP contribution in [0.5, 0.6) is 5.88 Å². The summed E-state index contributed by atoms with van der Waals surface area (Å²) < 4.78 is 12.6. The molecule has 3 heterocycles. The number of likely N-dealkylation sites (N-methyl/N-ethyl adjacent to an activating group) is 1. The number of aryl methyl sites for hydroxylation is 4. The molecule has 8 heteroatoms. The molecule has 0 amide bonds. The smallest absolute Gasteiger partial charge is 0.242 e. The lowest BCUT2D eigenvalue weighted by atomic mass is 10.0. The highest BCUT2D eigenvalue weighted by atomic mass is 16.5. The van der Waals surface area contributed by atoms with Gasteiger partial charge in [-0.15, -0.1) is 5.10 Å². The van der Waals surface area contributed by atoms with Gasteiger partial charge in [0.1, 0.15) is 0 Å². The molecular formula is C18H26N6O2. The number of fused-ring (bicyclic) bond motifs is 1. The van der Waals surface area contributed by atoms with E-state index >= 15 is 0 Å². The van der Waals surface area contributed by atoms with Crippen LogP contribution in [0.2, 0.25) is 0 Å². The van der Waals surface area contributed by atoms with Gasteiger partial charge in [-0.05, 0) is 45.4 Å². The summed E-state index contributed by atoms with van der Waals surface area (Å²) >= 11 is 0. The van der Waals surface area contributed by atoms with Gasteiger partial charge in [0.15, 0.2) is 11.5 Å². The maximum atomic E-state index is 5.42. The fraction of sp³-hybridized carbons (Fsp3) is 0.556. The van der Waals surface area contributed by atoms with E-state index in [1.54, 1.807) is 11.8 Å². The molecular weight excluding hydrogens is 332 g/mol. The van der Waals surface area contributed by atoms with E-state index in [-0.39, 0.29) is 0 Å². The second-order valence-corrected chi connectivity index (χ2v) is 6.63. The molecule has 0 spiro atoms. The van der Waals surface area contributed by atoms with Crippen LogP contribution >= 0.6 is 0 Å². The number of rotatable bonds is 7. The van der Waals surface area contributed by atoms with Crippen LogP contribution in [0.1, 0.15) is 35.5 Å². The van der Waals surface area contributed by atoms with Gasteiger partial charge < -0.3 is 14.6 Å². The van der Waals surface area contributed by atoms with Gasteiger partial charge in [0.25, 0.3) is 0 Å². The molecule has 3 rings (SSSR count). The Morgan fingerprint density at radius 1 is 1.23 bits per heavy atom. The minimum absolute atomic E-state index is 0.314. The van der Waals surface area contributed by atoms with Crippen molar-refractivity contribution in [3.8, 4) is 5.88 Å². The van der Waals surface area contributed by atoms with E-state index in [2.05, 4.69) is 34.4 Å². The lowest BCUT2D eigenvalue weighted by Crippen LogP contribution is -2.24. The molecule has 0 saturated heterocycles. The summed E-state index contributed by atoms with van der Waals surface area (Å²) in [6.07, 6.45) is 2.21. The summed E-state index contributed by atoms with van der Waals surface area (Å²) in [4.78, 5) is 9.21. The second kappa shape index (κ2) is 7.41. The Morgan fingerprint density at radius 2 is 2.00 bits per heavy atom. The van der Waals surface area contributed by atoms with Crippen molar-refractivity contribution in [1.29, 1.82) is 0 Å². The molecule has 0 bridgehead atoms. The average Bonchev–Trinajstić information content (AvgIpc) is 3.19. The van der Waals surface area contributed by atoms with Gasteiger partial charge in [-0.25, -0.2) is 9.67 Å². The normalized spacial score (nSPS) is 12.7. The fourth-order valence-corrected chi connectivity index (χ4v) is 3.19. The van der Waals surface area contributed by atoms with Crippen molar-refractivity contribution in [2.24, 2.45) is 7.05 Å². The highest BCUT2D eigenvalue weighted by Crippen LogP contribution is 2.30. The van der Waals surface area contributed by atoms with E-state index in [0.29, 0.717) is 24.2 Å². The molecule has 0 fully saturated rings. The zero-order valence-corrected chi connectivity index (χ0v) is 16.3. The van der Waals surface area contributed by atoms with Crippen LogP contribution in [0.4, 0.5) is 0 Å². The zero-order chi connectivity index (χ0) is 18.8. The van der Waals surface area contributed by atoms with E-state index in [1.807, 2.05) is 21.0 Å². The molecule has 0 aliphatic heterocycles. The monoisotopic (exact) mass is 358 g/mol. The van der Waals surface area contributed by atoms with Crippen LogP contribution in [0.3, 0.4) is 0 Å². The van der Waals surface area contributed by atoms with Crippen LogP contribution in [-0.2, 0) is 26.3 Å². The fourth-order valence-electron chi connectivity index (χ4n) is 3.19. The number of ether oxygens (including phenoxy) is 1. The lowest BCUT2D eigenvalue weighted by Gasteiger charge is -2.10. The van der Waals surface area contributed by atoms with Crippen molar-refractivity contribution >= 4 is 11.0 Å². The predicted molar refractivity (Wildman–Crippen MR) is 98.5 cm³/mol. The van der Waals surface area contributed by atoms with Gasteiger partial charge in [0.2, 0.25) is 11.8 Å². The number of nitrogens with zero attached hydrogens (tertiary/aromatic N) is 5. The molecule has 3 aromatic rings. The summed E-state index contributed by atoms with van der Waals surface area (Å²) in [5.74, 6) is 1.99. The molecule has 26 heavy (non-hydrogen) atoms. The molecule has 8 nitrogen and oxygen atoms in total. The minimum Gasteiger partial charge on any atom is -0.479 e. The number of methoxy groups -OCH3 is 1. The van der Waals surface area contributed by atoms with Crippen LogP contribution < -0.4 is 10.1 Å². The summed E-state index contributed by atoms with van der Waals surface area (Å²) in [6, 6.07) is 0.314. The van der Waals surface area contributed by atoms with Crippen molar-refractivity contribution in [3.05, 3.63) is 28.5 Å². The van der Waals surface area contributed by atoms with Gasteiger partial charge in [0, 0.05) is 31.6 Å². The summed E-state index contributed by atoms with van der Waals surface area (Å²) in [5.41, 5.74) is 4.14. The van der Waals surface area contributed by atoms with E-state index in [1.165, 1.54) is 5.56 Å². The molecule has 1 unspecified atom stereocenters. The molecule has 1 N–H and O–H groups in total. The predicted octanol–water partition coefficient (Wildman–Crippen LogP) is 1.91. The molecule has 0 aliphatic rings. The molecule has 0 saturated carbocycles. The Bertz CT molecular complexity index is 914. The third-order valence-corrected chi connectivity index (χ3v) is 4.80. The SMILES string of the molecule is CNC(C)Cc1noc(CCc2c(C)nc3c(c(OC)nn3C)c2C)n1. The van der Waals surface area contributed by atoms with E-state index < -0.39 is 0 Å². The minimum atomic E-state index is 0.314. The molecule has 0 aromatic carbocycles. The number of nitrogens with one attached hydrogen (secondary N) is 1. The van der Waals surface area contributed by atoms with Crippen molar-refractivity contribution in [1.82, 2.24) is 30.2 Å². The van der Waals surface area contributed by atoms with Gasteiger partial charge in [-0.1, -0.05) is 5.16 Å². The van der Waals surface area contributed by atoms with Gasteiger partial charge in [-0.3, -0.25) is 0 Å². The summed E-state index contributed by atoms with van der Waals surface area (Å²) in [6.45, 7) is 6.20. The third kappa shape index (κ3) is 3.41. The quantitative estimate of drug-likeness (QED) is 0.690. The highest BCUT2D eigenvalue weighted by molar-refractivity contribution is 5.86. The number of hydrogen-bond acceptors (Lipinski definition) is 7. The highest BCUT2D eigenvalue weighted by Gasteiger charge is 2.18. The Kier molecular flexibility index (Phi) is 5.22. The number of pyridine rings is 1. The first-order chi connectivity index (χ1) is 12.4. The van der Waals surface area contributed by atoms with Crippen LogP contribution in [0, 0.1) is 13.8 Å². The first-order valence-electron chi connectivity index (χ1n) is 8.80. The van der Waals surface area contributed by atoms with E-state index in [4.69, 9.17) is 14.2 Å². The van der Waals surface area contributed by atoms with Crippen molar-refractivity contribution in [2.75, 3.05) is 14.2 Å². The Balaban J connectivity index is 1.83. The lowest BCUT2D eigenvalue weighted by molar-refractivity contribution is 0.371. The second-order valence-electron chi connectivity index (χ2n) is 6.63.